The fourth-order valence-corrected chi connectivity index (χ4v) is 2.69. The van der Waals surface area contributed by atoms with Crippen LogP contribution in [0.5, 0.6) is 0 Å². The van der Waals surface area contributed by atoms with Gasteiger partial charge in [-0.25, -0.2) is 0 Å². The number of fused-ring (bicyclic) bond motifs is 1. The summed E-state index contributed by atoms with van der Waals surface area (Å²) in [5.41, 5.74) is 0.928. The molecule has 2 N–H and O–H groups in total. The molecular formula is C12H12N4O2. The molecule has 2 atom stereocenters. The average molecular weight is 244 g/mol. The molecular weight excluding hydrogens is 232 g/mol. The van der Waals surface area contributed by atoms with E-state index in [9.17, 15) is 10.1 Å². The molecule has 2 unspecified atom stereocenters. The van der Waals surface area contributed by atoms with Crippen molar-refractivity contribution >= 4 is 11.4 Å². The number of nitrogens with zero attached hydrogens (tertiary/aromatic N) is 2. The topological polar surface area (TPSA) is 91.0 Å². The summed E-state index contributed by atoms with van der Waals surface area (Å²) in [6.07, 6.45) is 0. The van der Waals surface area contributed by atoms with Crippen molar-refractivity contribution in [1.29, 1.82) is 5.26 Å². The van der Waals surface area contributed by atoms with Crippen LogP contribution in [0, 0.1) is 33.3 Å². The van der Waals surface area contributed by atoms with Gasteiger partial charge in [-0.15, -0.1) is 0 Å². The lowest BCUT2D eigenvalue weighted by Gasteiger charge is -2.09. The van der Waals surface area contributed by atoms with Crippen molar-refractivity contribution in [2.75, 3.05) is 18.4 Å². The number of nitrogens with one attached hydrogen (secondary N) is 2. The maximum atomic E-state index is 10.9. The standard InChI is InChI=1S/C12H12N4O2/c13-4-7-1-2-11(16(17)18)10(3-7)15-12-8-5-14-6-9(8)12/h1-3,8-9,12,14-15H,5-6H2. The number of benzene rings is 1. The molecule has 1 aliphatic heterocycles. The predicted molar refractivity (Wildman–Crippen MR) is 65.1 cm³/mol. The second-order valence-corrected chi connectivity index (χ2v) is 4.76. The first-order chi connectivity index (χ1) is 8.70. The third-order valence-corrected chi connectivity index (χ3v) is 3.74. The van der Waals surface area contributed by atoms with Crippen molar-refractivity contribution in [3.8, 4) is 6.07 Å². The Morgan fingerprint density at radius 3 is 2.78 bits per heavy atom. The molecule has 1 aliphatic carbocycles. The zero-order valence-corrected chi connectivity index (χ0v) is 9.59. The fraction of sp³-hybridized carbons (Fsp3) is 0.417. The monoisotopic (exact) mass is 244 g/mol. The van der Waals surface area contributed by atoms with Crippen molar-refractivity contribution in [2.45, 2.75) is 6.04 Å². The predicted octanol–water partition coefficient (Wildman–Crippen LogP) is 1.10. The minimum Gasteiger partial charge on any atom is -0.376 e. The number of anilines is 1. The van der Waals surface area contributed by atoms with E-state index in [0.29, 0.717) is 29.1 Å². The van der Waals surface area contributed by atoms with Gasteiger partial charge in [-0.3, -0.25) is 10.1 Å². The lowest BCUT2D eigenvalue weighted by molar-refractivity contribution is -0.384. The van der Waals surface area contributed by atoms with E-state index in [-0.39, 0.29) is 5.69 Å². The highest BCUT2D eigenvalue weighted by molar-refractivity contribution is 5.65. The van der Waals surface area contributed by atoms with Crippen LogP contribution in [-0.2, 0) is 0 Å². The maximum Gasteiger partial charge on any atom is 0.292 e. The molecule has 0 spiro atoms. The normalized spacial score (nSPS) is 28.3. The second kappa shape index (κ2) is 3.96. The van der Waals surface area contributed by atoms with Gasteiger partial charge < -0.3 is 10.6 Å². The number of nitriles is 1. The minimum absolute atomic E-state index is 0.0342. The lowest BCUT2D eigenvalue weighted by Crippen LogP contribution is -2.21. The molecule has 1 aromatic rings. The Morgan fingerprint density at radius 2 is 2.17 bits per heavy atom. The number of piperidine rings is 1. The molecule has 1 saturated heterocycles. The van der Waals surface area contributed by atoms with Gasteiger partial charge in [-0.2, -0.15) is 5.26 Å². The fourth-order valence-electron chi connectivity index (χ4n) is 2.69. The van der Waals surface area contributed by atoms with E-state index in [4.69, 9.17) is 5.26 Å². The summed E-state index contributed by atoms with van der Waals surface area (Å²) in [5, 5.41) is 26.3. The third kappa shape index (κ3) is 1.69. The first kappa shape index (κ1) is 11.0. The average Bonchev–Trinajstić information content (AvgIpc) is 2.81. The molecule has 0 bridgehead atoms. The summed E-state index contributed by atoms with van der Waals surface area (Å²) >= 11 is 0. The number of rotatable bonds is 3. The van der Waals surface area contributed by atoms with Gasteiger partial charge in [0.2, 0.25) is 0 Å². The highest BCUT2D eigenvalue weighted by Crippen LogP contribution is 2.44. The summed E-state index contributed by atoms with van der Waals surface area (Å²) in [6.45, 7) is 1.93. The van der Waals surface area contributed by atoms with E-state index in [1.54, 1.807) is 6.07 Å². The SMILES string of the molecule is N#Cc1ccc([N+](=O)[O-])c(NC2C3CNCC32)c1. The molecule has 0 radical (unpaired) electrons. The Morgan fingerprint density at radius 1 is 1.44 bits per heavy atom. The molecule has 1 saturated carbocycles. The van der Waals surface area contributed by atoms with Crippen molar-refractivity contribution in [3.05, 3.63) is 33.9 Å². The molecule has 1 heterocycles. The third-order valence-electron chi connectivity index (χ3n) is 3.74. The molecule has 2 aliphatic rings. The van der Waals surface area contributed by atoms with Crippen LogP contribution in [-0.4, -0.2) is 24.1 Å². The molecule has 6 heteroatoms. The van der Waals surface area contributed by atoms with Gasteiger partial charge in [-0.05, 0) is 24.0 Å². The molecule has 6 nitrogen and oxygen atoms in total. The Hall–Kier alpha value is -2.13. The molecule has 0 aromatic heterocycles. The summed E-state index contributed by atoms with van der Waals surface area (Å²) in [7, 11) is 0. The number of hydrogen-bond acceptors (Lipinski definition) is 5. The maximum absolute atomic E-state index is 10.9. The summed E-state index contributed by atoms with van der Waals surface area (Å²) in [5.74, 6) is 1.13. The van der Waals surface area contributed by atoms with Crippen molar-refractivity contribution in [1.82, 2.24) is 5.32 Å². The number of nitro benzene ring substituents is 1. The Balaban J connectivity index is 1.85. The van der Waals surface area contributed by atoms with E-state index in [1.807, 2.05) is 6.07 Å². The smallest absolute Gasteiger partial charge is 0.292 e. The van der Waals surface area contributed by atoms with E-state index in [2.05, 4.69) is 10.6 Å². The lowest BCUT2D eigenvalue weighted by atomic mass is 10.2. The van der Waals surface area contributed by atoms with Crippen molar-refractivity contribution in [2.24, 2.45) is 11.8 Å². The van der Waals surface area contributed by atoms with E-state index < -0.39 is 4.92 Å². The van der Waals surface area contributed by atoms with Gasteiger partial charge in [0.25, 0.3) is 5.69 Å². The van der Waals surface area contributed by atoms with Gasteiger partial charge in [0, 0.05) is 25.2 Å². The largest absolute Gasteiger partial charge is 0.376 e. The zero-order valence-electron chi connectivity index (χ0n) is 9.59. The van der Waals surface area contributed by atoms with Gasteiger partial charge >= 0.3 is 0 Å². The zero-order chi connectivity index (χ0) is 12.7. The van der Waals surface area contributed by atoms with Crippen molar-refractivity contribution < 1.29 is 4.92 Å². The van der Waals surface area contributed by atoms with Crippen LogP contribution in [0.2, 0.25) is 0 Å². The van der Waals surface area contributed by atoms with Crippen LogP contribution in [0.3, 0.4) is 0 Å². The second-order valence-electron chi connectivity index (χ2n) is 4.76. The molecule has 1 aromatic carbocycles. The van der Waals surface area contributed by atoms with Gasteiger partial charge in [0.05, 0.1) is 16.6 Å². The molecule has 2 fully saturated rings. The van der Waals surface area contributed by atoms with Crippen LogP contribution in [0.1, 0.15) is 5.56 Å². The van der Waals surface area contributed by atoms with Gasteiger partial charge in [0.1, 0.15) is 5.69 Å². The van der Waals surface area contributed by atoms with Gasteiger partial charge in [-0.1, -0.05) is 0 Å². The summed E-state index contributed by atoms with van der Waals surface area (Å²) in [4.78, 5) is 10.5. The van der Waals surface area contributed by atoms with Crippen molar-refractivity contribution in [3.63, 3.8) is 0 Å². The first-order valence-electron chi connectivity index (χ1n) is 5.86. The van der Waals surface area contributed by atoms with Crippen LogP contribution in [0.25, 0.3) is 0 Å². The minimum atomic E-state index is -0.417. The highest BCUT2D eigenvalue weighted by atomic mass is 16.6. The molecule has 0 amide bonds. The summed E-state index contributed by atoms with van der Waals surface area (Å²) < 4.78 is 0. The first-order valence-corrected chi connectivity index (χ1v) is 5.86. The van der Waals surface area contributed by atoms with Crippen LogP contribution >= 0.6 is 0 Å². The van der Waals surface area contributed by atoms with E-state index in [0.717, 1.165) is 13.1 Å². The number of hydrogen-bond donors (Lipinski definition) is 2. The van der Waals surface area contributed by atoms with Crippen LogP contribution < -0.4 is 10.6 Å². The quantitative estimate of drug-likeness (QED) is 0.613. The number of nitro groups is 1. The Bertz CT molecular complexity index is 541. The van der Waals surface area contributed by atoms with E-state index in [1.165, 1.54) is 12.1 Å². The Labute approximate surface area is 104 Å². The molecule has 3 rings (SSSR count). The highest BCUT2D eigenvalue weighted by Gasteiger charge is 2.53. The molecule has 92 valence electrons. The van der Waals surface area contributed by atoms with E-state index >= 15 is 0 Å². The van der Waals surface area contributed by atoms with Gasteiger partial charge in [0.15, 0.2) is 0 Å². The van der Waals surface area contributed by atoms with Crippen LogP contribution in [0.15, 0.2) is 18.2 Å². The summed E-state index contributed by atoms with van der Waals surface area (Å²) in [6, 6.07) is 6.72. The Kier molecular flexibility index (Phi) is 2.42. The van der Waals surface area contributed by atoms with Crippen LogP contribution in [0.4, 0.5) is 11.4 Å². The molecule has 18 heavy (non-hydrogen) atoms.